The minimum atomic E-state index is 0.0725. The van der Waals surface area contributed by atoms with Gasteiger partial charge in [-0.2, -0.15) is 0 Å². The molecule has 14 heavy (non-hydrogen) atoms. The Morgan fingerprint density at radius 1 is 1.43 bits per heavy atom. The number of nitrogens with one attached hydrogen (secondary N) is 1. The predicted octanol–water partition coefficient (Wildman–Crippen LogP) is 0.560. The van der Waals surface area contributed by atoms with Crippen LogP contribution in [0.4, 0.5) is 0 Å². The lowest BCUT2D eigenvalue weighted by Crippen LogP contribution is -2.19. The van der Waals surface area contributed by atoms with Gasteiger partial charge in [-0.25, -0.2) is 0 Å². The zero-order valence-corrected chi connectivity index (χ0v) is 8.16. The molecule has 4 nitrogen and oxygen atoms in total. The monoisotopic (exact) mass is 198 g/mol. The van der Waals surface area contributed by atoms with Gasteiger partial charge in [-0.1, -0.05) is 0 Å². The van der Waals surface area contributed by atoms with E-state index in [0.717, 1.165) is 12.3 Å². The normalized spacial score (nSPS) is 10.7. The lowest BCUT2D eigenvalue weighted by molar-refractivity contribution is 0.0936. The summed E-state index contributed by atoms with van der Waals surface area (Å²) in [6, 6.07) is 3.73. The molecule has 0 saturated carbocycles. The Hall–Kier alpha value is -0.840. The maximum atomic E-state index is 8.44. The summed E-state index contributed by atoms with van der Waals surface area (Å²) in [5.74, 6) is 1.55. The van der Waals surface area contributed by atoms with E-state index in [4.69, 9.17) is 14.3 Å². The van der Waals surface area contributed by atoms with Crippen LogP contribution < -0.4 is 5.32 Å². The number of aliphatic hydroxyl groups is 1. The molecule has 0 aromatic carbocycles. The third-order valence-corrected chi connectivity index (χ3v) is 1.68. The summed E-state index contributed by atoms with van der Waals surface area (Å²) in [5, 5.41) is 11.6. The van der Waals surface area contributed by atoms with Gasteiger partial charge in [-0.05, 0) is 12.1 Å². The van der Waals surface area contributed by atoms with Crippen molar-refractivity contribution in [2.24, 2.45) is 0 Å². The molecular weight excluding hydrogens is 182 g/mol. The first-order chi connectivity index (χ1) is 6.83. The Morgan fingerprint density at radius 3 is 2.93 bits per heavy atom. The molecule has 79 valence electrons. The summed E-state index contributed by atoms with van der Waals surface area (Å²) in [4.78, 5) is 0. The molecule has 1 heterocycles. The van der Waals surface area contributed by atoms with Crippen molar-refractivity contribution in [3.63, 3.8) is 0 Å². The summed E-state index contributed by atoms with van der Waals surface area (Å²) in [6.07, 6.45) is 0. The van der Waals surface area contributed by atoms with E-state index in [1.807, 2.05) is 12.1 Å². The Balaban J connectivity index is 1.99. The zero-order valence-electron chi connectivity index (χ0n) is 8.16. The predicted molar refractivity (Wildman–Crippen MR) is 52.8 cm³/mol. The van der Waals surface area contributed by atoms with Gasteiger partial charge in [0, 0.05) is 13.5 Å². The Labute approximate surface area is 83.9 Å². The van der Waals surface area contributed by atoms with Crippen molar-refractivity contribution in [3.05, 3.63) is 30.6 Å². The van der Waals surface area contributed by atoms with Gasteiger partial charge < -0.3 is 19.6 Å². The minimum Gasteiger partial charge on any atom is -0.465 e. The lowest BCUT2D eigenvalue weighted by atomic mass is 10.4. The number of furan rings is 1. The summed E-state index contributed by atoms with van der Waals surface area (Å²) in [6.45, 7) is 6.15. The van der Waals surface area contributed by atoms with Gasteiger partial charge in [-0.15, -0.1) is 0 Å². The van der Waals surface area contributed by atoms with Gasteiger partial charge in [0.25, 0.3) is 0 Å². The quantitative estimate of drug-likeness (QED) is 0.629. The second-order valence-electron chi connectivity index (χ2n) is 2.88. The fourth-order valence-electron chi connectivity index (χ4n) is 1.04. The molecule has 0 aliphatic heterocycles. The van der Waals surface area contributed by atoms with Crippen LogP contribution in [0.3, 0.4) is 0 Å². The molecule has 1 rings (SSSR count). The molecule has 0 bridgehead atoms. The van der Waals surface area contributed by atoms with Gasteiger partial charge in [0.05, 0.1) is 26.4 Å². The average molecular weight is 198 g/mol. The fraction of sp³-hybridized carbons (Fsp3) is 0.500. The maximum absolute atomic E-state index is 8.44. The SMILES string of the molecule is [CH2]c1ccc(CNCCOCCO)o1. The van der Waals surface area contributed by atoms with Gasteiger partial charge in [0.15, 0.2) is 0 Å². The highest BCUT2D eigenvalue weighted by atomic mass is 16.5. The highest BCUT2D eigenvalue weighted by molar-refractivity contribution is 5.08. The number of ether oxygens (including phenoxy) is 1. The molecule has 0 fully saturated rings. The summed E-state index contributed by atoms with van der Waals surface area (Å²) in [5.41, 5.74) is 0. The van der Waals surface area contributed by atoms with Crippen LogP contribution >= 0.6 is 0 Å². The van der Waals surface area contributed by atoms with Gasteiger partial charge in [0.2, 0.25) is 0 Å². The maximum Gasteiger partial charge on any atom is 0.117 e. The zero-order chi connectivity index (χ0) is 10.2. The van der Waals surface area contributed by atoms with E-state index in [-0.39, 0.29) is 6.61 Å². The molecule has 1 aromatic rings. The van der Waals surface area contributed by atoms with E-state index < -0.39 is 0 Å². The van der Waals surface area contributed by atoms with Crippen molar-refractivity contribution < 1.29 is 14.3 Å². The van der Waals surface area contributed by atoms with Gasteiger partial charge >= 0.3 is 0 Å². The van der Waals surface area contributed by atoms with Gasteiger partial charge in [0.1, 0.15) is 11.5 Å². The van der Waals surface area contributed by atoms with E-state index in [1.165, 1.54) is 0 Å². The van der Waals surface area contributed by atoms with Crippen molar-refractivity contribution in [2.45, 2.75) is 6.54 Å². The molecule has 0 aliphatic carbocycles. The van der Waals surface area contributed by atoms with Crippen LogP contribution in [-0.2, 0) is 11.3 Å². The number of hydrogen-bond acceptors (Lipinski definition) is 4. The Bertz CT molecular complexity index is 247. The van der Waals surface area contributed by atoms with Crippen LogP contribution in [0.2, 0.25) is 0 Å². The first kappa shape index (κ1) is 11.2. The van der Waals surface area contributed by atoms with E-state index in [0.29, 0.717) is 25.5 Å². The summed E-state index contributed by atoms with van der Waals surface area (Å²) >= 11 is 0. The van der Waals surface area contributed by atoms with Crippen LogP contribution in [0.5, 0.6) is 0 Å². The van der Waals surface area contributed by atoms with Crippen LogP contribution in [0.15, 0.2) is 16.5 Å². The molecule has 0 aliphatic rings. The van der Waals surface area contributed by atoms with E-state index >= 15 is 0 Å². The topological polar surface area (TPSA) is 54.6 Å². The second kappa shape index (κ2) is 6.59. The minimum absolute atomic E-state index is 0.0725. The molecule has 4 heteroatoms. The first-order valence-corrected chi connectivity index (χ1v) is 4.63. The second-order valence-corrected chi connectivity index (χ2v) is 2.88. The summed E-state index contributed by atoms with van der Waals surface area (Å²) in [7, 11) is 0. The fourth-order valence-corrected chi connectivity index (χ4v) is 1.04. The van der Waals surface area contributed by atoms with Crippen molar-refractivity contribution >= 4 is 0 Å². The number of aliphatic hydroxyl groups excluding tert-OH is 1. The Kier molecular flexibility index (Phi) is 5.29. The van der Waals surface area contributed by atoms with E-state index in [1.54, 1.807) is 0 Å². The van der Waals surface area contributed by atoms with Crippen LogP contribution in [0.25, 0.3) is 0 Å². The molecule has 0 saturated heterocycles. The van der Waals surface area contributed by atoms with Crippen molar-refractivity contribution in [3.8, 4) is 0 Å². The largest absolute Gasteiger partial charge is 0.465 e. The third kappa shape index (κ3) is 4.41. The van der Waals surface area contributed by atoms with Crippen LogP contribution in [0, 0.1) is 6.92 Å². The van der Waals surface area contributed by atoms with Gasteiger partial charge in [-0.3, -0.25) is 0 Å². The molecule has 0 spiro atoms. The van der Waals surface area contributed by atoms with Crippen molar-refractivity contribution in [1.82, 2.24) is 5.32 Å². The van der Waals surface area contributed by atoms with Crippen LogP contribution in [-0.4, -0.2) is 31.5 Å². The van der Waals surface area contributed by atoms with E-state index in [9.17, 15) is 0 Å². The average Bonchev–Trinajstić information content (AvgIpc) is 2.58. The number of hydrogen-bond donors (Lipinski definition) is 2. The molecule has 1 aromatic heterocycles. The highest BCUT2D eigenvalue weighted by Crippen LogP contribution is 2.04. The molecule has 0 amide bonds. The molecular formula is C10H16NO3. The number of rotatable bonds is 7. The Morgan fingerprint density at radius 2 is 2.29 bits per heavy atom. The molecule has 0 unspecified atom stereocenters. The van der Waals surface area contributed by atoms with Crippen molar-refractivity contribution in [1.29, 1.82) is 0 Å². The molecule has 1 radical (unpaired) electrons. The lowest BCUT2D eigenvalue weighted by Gasteiger charge is -2.03. The van der Waals surface area contributed by atoms with E-state index in [2.05, 4.69) is 12.2 Å². The molecule has 0 atom stereocenters. The summed E-state index contributed by atoms with van der Waals surface area (Å²) < 4.78 is 10.3. The standard InChI is InChI=1S/C10H16NO3/c1-9-2-3-10(14-9)8-11-4-6-13-7-5-12/h2-3,11-12H,1,4-8H2. The molecule has 2 N–H and O–H groups in total. The highest BCUT2D eigenvalue weighted by Gasteiger charge is 1.96. The first-order valence-electron chi connectivity index (χ1n) is 4.63. The van der Waals surface area contributed by atoms with Crippen LogP contribution in [0.1, 0.15) is 11.5 Å². The van der Waals surface area contributed by atoms with Crippen molar-refractivity contribution in [2.75, 3.05) is 26.4 Å². The third-order valence-electron chi connectivity index (χ3n) is 1.68. The smallest absolute Gasteiger partial charge is 0.117 e.